The average molecular weight is 467 g/mol. The number of hydrogen-bond donors (Lipinski definition) is 1. The van der Waals surface area contributed by atoms with Crippen LogP contribution < -0.4 is 0 Å². The summed E-state index contributed by atoms with van der Waals surface area (Å²) in [4.78, 5) is 22.8. The van der Waals surface area contributed by atoms with Crippen LogP contribution in [0, 0.1) is 0 Å². The summed E-state index contributed by atoms with van der Waals surface area (Å²) >= 11 is 0. The van der Waals surface area contributed by atoms with Gasteiger partial charge in [0.2, 0.25) is 0 Å². The summed E-state index contributed by atoms with van der Waals surface area (Å²) in [6.07, 6.45) is 28.2. The Hall–Kier alpha value is -1.32. The summed E-state index contributed by atoms with van der Waals surface area (Å²) < 4.78 is 5.81. The normalized spacial score (nSPS) is 12.3. The van der Waals surface area contributed by atoms with Gasteiger partial charge in [-0.2, -0.15) is 0 Å². The molecule has 4 heteroatoms. The van der Waals surface area contributed by atoms with E-state index in [1.807, 2.05) is 0 Å². The van der Waals surface area contributed by atoms with Crippen molar-refractivity contribution in [3.05, 3.63) is 12.2 Å². The number of carbonyl (C=O) groups is 2. The molecule has 194 valence electrons. The number of carboxylic acids is 1. The Labute approximate surface area is 204 Å². The summed E-state index contributed by atoms with van der Waals surface area (Å²) in [5.41, 5.74) is 0. The standard InChI is InChI=1S/C29H54O4/c1-3-5-7-8-9-10-11-12-13-14-19-22-26-29(32)33-27(23-6-4-2)24-20-17-15-16-18-21-25-28(30)31/h8-9,27H,3-7,10-26H2,1-2H3,(H,30,31)/b9-8-. The maximum absolute atomic E-state index is 12.3. The third-order valence-electron chi connectivity index (χ3n) is 6.24. The minimum atomic E-state index is -0.697. The number of rotatable bonds is 25. The highest BCUT2D eigenvalue weighted by atomic mass is 16.5. The second-order valence-electron chi connectivity index (χ2n) is 9.58. The Morgan fingerprint density at radius 3 is 1.73 bits per heavy atom. The van der Waals surface area contributed by atoms with Gasteiger partial charge in [-0.15, -0.1) is 0 Å². The fourth-order valence-corrected chi connectivity index (χ4v) is 4.09. The summed E-state index contributed by atoms with van der Waals surface area (Å²) in [6.45, 7) is 4.41. The van der Waals surface area contributed by atoms with Gasteiger partial charge >= 0.3 is 11.9 Å². The van der Waals surface area contributed by atoms with E-state index in [1.165, 1.54) is 51.4 Å². The number of ether oxygens (including phenoxy) is 1. The van der Waals surface area contributed by atoms with Gasteiger partial charge in [0.05, 0.1) is 0 Å². The molecule has 0 aliphatic carbocycles. The maximum atomic E-state index is 12.3. The Morgan fingerprint density at radius 1 is 0.636 bits per heavy atom. The van der Waals surface area contributed by atoms with Crippen LogP contribution in [0.25, 0.3) is 0 Å². The summed E-state index contributed by atoms with van der Waals surface area (Å²) in [5, 5.41) is 8.66. The van der Waals surface area contributed by atoms with E-state index in [0.717, 1.165) is 77.0 Å². The zero-order valence-electron chi connectivity index (χ0n) is 22.0. The quantitative estimate of drug-likeness (QED) is 0.0827. The van der Waals surface area contributed by atoms with Gasteiger partial charge in [-0.1, -0.05) is 103 Å². The van der Waals surface area contributed by atoms with Crippen molar-refractivity contribution in [2.45, 2.75) is 161 Å². The largest absolute Gasteiger partial charge is 0.481 e. The Morgan fingerprint density at radius 2 is 1.12 bits per heavy atom. The minimum Gasteiger partial charge on any atom is -0.481 e. The Bertz CT molecular complexity index is 472. The zero-order chi connectivity index (χ0) is 24.4. The van der Waals surface area contributed by atoms with Gasteiger partial charge in [0.1, 0.15) is 6.10 Å². The lowest BCUT2D eigenvalue weighted by molar-refractivity contribution is -0.150. The number of allylic oxidation sites excluding steroid dienone is 2. The van der Waals surface area contributed by atoms with E-state index in [4.69, 9.17) is 9.84 Å². The highest BCUT2D eigenvalue weighted by molar-refractivity contribution is 5.69. The molecule has 0 aromatic carbocycles. The van der Waals surface area contributed by atoms with Gasteiger partial charge < -0.3 is 9.84 Å². The lowest BCUT2D eigenvalue weighted by Gasteiger charge is -2.18. The van der Waals surface area contributed by atoms with Gasteiger partial charge in [-0.05, 0) is 51.4 Å². The van der Waals surface area contributed by atoms with Gasteiger partial charge in [-0.3, -0.25) is 9.59 Å². The molecule has 0 aliphatic heterocycles. The summed E-state index contributed by atoms with van der Waals surface area (Å²) in [7, 11) is 0. The smallest absolute Gasteiger partial charge is 0.306 e. The highest BCUT2D eigenvalue weighted by Gasteiger charge is 2.13. The maximum Gasteiger partial charge on any atom is 0.306 e. The molecule has 1 N–H and O–H groups in total. The molecule has 0 radical (unpaired) electrons. The molecule has 0 rings (SSSR count). The first kappa shape index (κ1) is 31.7. The SMILES string of the molecule is CCCC/C=C\CCCCCCCCC(=O)OC(CCCC)CCCCCCCCC(=O)O. The molecule has 1 unspecified atom stereocenters. The monoisotopic (exact) mass is 466 g/mol. The fraction of sp³-hybridized carbons (Fsp3) is 0.862. The van der Waals surface area contributed by atoms with Crippen molar-refractivity contribution in [1.82, 2.24) is 0 Å². The lowest BCUT2D eigenvalue weighted by Crippen LogP contribution is -2.18. The molecule has 0 aliphatic rings. The molecule has 0 saturated heterocycles. The Balaban J connectivity index is 3.73. The van der Waals surface area contributed by atoms with Crippen LogP contribution in [0.15, 0.2) is 12.2 Å². The second kappa shape index (κ2) is 25.3. The van der Waals surface area contributed by atoms with Gasteiger partial charge in [0.25, 0.3) is 0 Å². The molecule has 0 fully saturated rings. The van der Waals surface area contributed by atoms with Crippen LogP contribution in [-0.2, 0) is 14.3 Å². The van der Waals surface area contributed by atoms with E-state index in [9.17, 15) is 9.59 Å². The van der Waals surface area contributed by atoms with Crippen molar-refractivity contribution in [2.24, 2.45) is 0 Å². The van der Waals surface area contributed by atoms with Crippen molar-refractivity contribution in [3.8, 4) is 0 Å². The minimum absolute atomic E-state index is 0.0120. The number of carboxylic acid groups (broad SMARTS) is 1. The van der Waals surface area contributed by atoms with Gasteiger partial charge in [0.15, 0.2) is 0 Å². The molecule has 0 aromatic rings. The van der Waals surface area contributed by atoms with Crippen LogP contribution in [0.3, 0.4) is 0 Å². The highest BCUT2D eigenvalue weighted by Crippen LogP contribution is 2.17. The van der Waals surface area contributed by atoms with Gasteiger partial charge in [-0.25, -0.2) is 0 Å². The molecule has 0 spiro atoms. The van der Waals surface area contributed by atoms with E-state index in [-0.39, 0.29) is 18.5 Å². The number of aliphatic carboxylic acids is 1. The Kier molecular flexibility index (Phi) is 24.3. The fourth-order valence-electron chi connectivity index (χ4n) is 4.09. The van der Waals surface area contributed by atoms with E-state index >= 15 is 0 Å². The topological polar surface area (TPSA) is 63.6 Å². The molecule has 1 atom stereocenters. The van der Waals surface area contributed by atoms with Crippen LogP contribution >= 0.6 is 0 Å². The first-order valence-electron chi connectivity index (χ1n) is 14.2. The molecule has 0 heterocycles. The number of esters is 1. The van der Waals surface area contributed by atoms with Crippen molar-refractivity contribution in [2.75, 3.05) is 0 Å². The van der Waals surface area contributed by atoms with Crippen LogP contribution in [0.5, 0.6) is 0 Å². The molecule has 33 heavy (non-hydrogen) atoms. The molecule has 0 amide bonds. The predicted molar refractivity (Wildman–Crippen MR) is 140 cm³/mol. The molecule has 4 nitrogen and oxygen atoms in total. The number of hydrogen-bond acceptors (Lipinski definition) is 3. The molecule has 0 bridgehead atoms. The van der Waals surface area contributed by atoms with Crippen LogP contribution in [0.2, 0.25) is 0 Å². The summed E-state index contributed by atoms with van der Waals surface area (Å²) in [5.74, 6) is -0.710. The van der Waals surface area contributed by atoms with Crippen molar-refractivity contribution in [3.63, 3.8) is 0 Å². The first-order valence-corrected chi connectivity index (χ1v) is 14.2. The van der Waals surface area contributed by atoms with Crippen LogP contribution in [0.4, 0.5) is 0 Å². The van der Waals surface area contributed by atoms with Crippen molar-refractivity contribution >= 4 is 11.9 Å². The van der Waals surface area contributed by atoms with E-state index in [0.29, 0.717) is 6.42 Å². The number of carbonyl (C=O) groups excluding carboxylic acids is 1. The van der Waals surface area contributed by atoms with Crippen molar-refractivity contribution in [1.29, 1.82) is 0 Å². The number of unbranched alkanes of at least 4 members (excludes halogenated alkanes) is 14. The molecule has 0 aromatic heterocycles. The molecule has 0 saturated carbocycles. The average Bonchev–Trinajstić information content (AvgIpc) is 2.79. The lowest BCUT2D eigenvalue weighted by atomic mass is 10.0. The van der Waals surface area contributed by atoms with Crippen LogP contribution in [0.1, 0.15) is 155 Å². The first-order chi connectivity index (χ1) is 16.1. The van der Waals surface area contributed by atoms with E-state index in [2.05, 4.69) is 26.0 Å². The zero-order valence-corrected chi connectivity index (χ0v) is 22.0. The molecular formula is C29H54O4. The molecular weight excluding hydrogens is 412 g/mol. The third-order valence-corrected chi connectivity index (χ3v) is 6.24. The van der Waals surface area contributed by atoms with E-state index < -0.39 is 5.97 Å². The third kappa shape index (κ3) is 25.1. The van der Waals surface area contributed by atoms with Crippen molar-refractivity contribution < 1.29 is 19.4 Å². The van der Waals surface area contributed by atoms with Gasteiger partial charge in [0, 0.05) is 12.8 Å². The predicted octanol–water partition coefficient (Wildman–Crippen LogP) is 9.16. The second-order valence-corrected chi connectivity index (χ2v) is 9.58. The van der Waals surface area contributed by atoms with Crippen LogP contribution in [-0.4, -0.2) is 23.1 Å². The summed E-state index contributed by atoms with van der Waals surface area (Å²) in [6, 6.07) is 0. The van der Waals surface area contributed by atoms with E-state index in [1.54, 1.807) is 0 Å².